The van der Waals surface area contributed by atoms with Crippen molar-refractivity contribution >= 4 is 17.9 Å². The number of rotatable bonds is 5. The van der Waals surface area contributed by atoms with Crippen LogP contribution in [0, 0.1) is 5.41 Å². The SMILES string of the molecule is CC1(C)CCN(C(=O)NC(CCC(N)=O)C(=O)O)C1. The summed E-state index contributed by atoms with van der Waals surface area (Å²) in [6.07, 6.45) is 0.829. The van der Waals surface area contributed by atoms with Gasteiger partial charge in [0.05, 0.1) is 0 Å². The first-order chi connectivity index (χ1) is 8.71. The highest BCUT2D eigenvalue weighted by Gasteiger charge is 2.33. The molecular weight excluding hydrogens is 250 g/mol. The highest BCUT2D eigenvalue weighted by atomic mass is 16.4. The molecule has 7 heteroatoms. The average Bonchev–Trinajstić information content (AvgIpc) is 2.64. The van der Waals surface area contributed by atoms with Gasteiger partial charge in [0.2, 0.25) is 5.91 Å². The molecule has 19 heavy (non-hydrogen) atoms. The lowest BCUT2D eigenvalue weighted by Gasteiger charge is -2.22. The van der Waals surface area contributed by atoms with Gasteiger partial charge in [0.1, 0.15) is 6.04 Å². The maximum absolute atomic E-state index is 11.9. The summed E-state index contributed by atoms with van der Waals surface area (Å²) in [6.45, 7) is 5.33. The Morgan fingerprint density at radius 2 is 2.05 bits per heavy atom. The molecule has 4 N–H and O–H groups in total. The third-order valence-corrected chi connectivity index (χ3v) is 3.24. The van der Waals surface area contributed by atoms with Gasteiger partial charge in [0, 0.05) is 19.5 Å². The Hall–Kier alpha value is -1.79. The summed E-state index contributed by atoms with van der Waals surface area (Å²) in [6, 6.07) is -1.48. The highest BCUT2D eigenvalue weighted by Crippen LogP contribution is 2.28. The summed E-state index contributed by atoms with van der Waals surface area (Å²) in [7, 11) is 0. The number of urea groups is 1. The average molecular weight is 271 g/mol. The van der Waals surface area contributed by atoms with Gasteiger partial charge in [-0.25, -0.2) is 9.59 Å². The number of carbonyl (C=O) groups excluding carboxylic acids is 2. The van der Waals surface area contributed by atoms with Crippen LogP contribution in [0.5, 0.6) is 0 Å². The van der Waals surface area contributed by atoms with Crippen LogP contribution in [0.15, 0.2) is 0 Å². The van der Waals surface area contributed by atoms with Crippen LogP contribution in [-0.2, 0) is 9.59 Å². The molecule has 0 bridgehead atoms. The van der Waals surface area contributed by atoms with Crippen LogP contribution in [0.1, 0.15) is 33.1 Å². The zero-order chi connectivity index (χ0) is 14.6. The Bertz CT molecular complexity index is 381. The Labute approximate surface area is 112 Å². The van der Waals surface area contributed by atoms with Gasteiger partial charge in [-0.2, -0.15) is 0 Å². The van der Waals surface area contributed by atoms with Crippen LogP contribution in [0.4, 0.5) is 4.79 Å². The largest absolute Gasteiger partial charge is 0.480 e. The van der Waals surface area contributed by atoms with Crippen LogP contribution in [0.3, 0.4) is 0 Å². The summed E-state index contributed by atoms with van der Waals surface area (Å²) in [5.41, 5.74) is 5.03. The van der Waals surface area contributed by atoms with Crippen molar-refractivity contribution in [3.8, 4) is 0 Å². The zero-order valence-electron chi connectivity index (χ0n) is 11.3. The predicted molar refractivity (Wildman–Crippen MR) is 68.4 cm³/mol. The lowest BCUT2D eigenvalue weighted by Crippen LogP contribution is -2.47. The molecular formula is C12H21N3O4. The molecule has 1 unspecified atom stereocenters. The van der Waals surface area contributed by atoms with Crippen LogP contribution in [0.2, 0.25) is 0 Å². The number of carbonyl (C=O) groups is 3. The lowest BCUT2D eigenvalue weighted by molar-refractivity contribution is -0.139. The van der Waals surface area contributed by atoms with Gasteiger partial charge in [-0.05, 0) is 18.3 Å². The molecule has 0 saturated carbocycles. The summed E-state index contributed by atoms with van der Waals surface area (Å²) in [5.74, 6) is -1.74. The number of aliphatic carboxylic acids is 1. The third-order valence-electron chi connectivity index (χ3n) is 3.24. The van der Waals surface area contributed by atoms with E-state index in [4.69, 9.17) is 10.8 Å². The van der Waals surface area contributed by atoms with E-state index in [0.717, 1.165) is 6.42 Å². The van der Waals surface area contributed by atoms with Gasteiger partial charge in [0.25, 0.3) is 0 Å². The van der Waals surface area contributed by atoms with Crippen molar-refractivity contribution in [3.05, 3.63) is 0 Å². The maximum atomic E-state index is 11.9. The molecule has 108 valence electrons. The minimum Gasteiger partial charge on any atom is -0.480 e. The summed E-state index contributed by atoms with van der Waals surface area (Å²) >= 11 is 0. The van der Waals surface area contributed by atoms with E-state index in [1.807, 2.05) is 0 Å². The molecule has 0 aromatic rings. The molecule has 0 aromatic heterocycles. The number of hydrogen-bond donors (Lipinski definition) is 3. The molecule has 0 aromatic carbocycles. The zero-order valence-corrected chi connectivity index (χ0v) is 11.3. The molecule has 7 nitrogen and oxygen atoms in total. The van der Waals surface area contributed by atoms with Gasteiger partial charge < -0.3 is 21.1 Å². The van der Waals surface area contributed by atoms with Crippen molar-refractivity contribution in [2.45, 2.75) is 39.2 Å². The second kappa shape index (κ2) is 5.90. The smallest absolute Gasteiger partial charge is 0.326 e. The molecule has 1 rings (SSSR count). The molecule has 0 radical (unpaired) electrons. The van der Waals surface area contributed by atoms with E-state index in [-0.39, 0.29) is 18.3 Å². The van der Waals surface area contributed by atoms with E-state index in [1.165, 1.54) is 0 Å². The number of nitrogens with one attached hydrogen (secondary N) is 1. The topological polar surface area (TPSA) is 113 Å². The fourth-order valence-electron chi connectivity index (χ4n) is 2.07. The monoisotopic (exact) mass is 271 g/mol. The van der Waals surface area contributed by atoms with Crippen LogP contribution >= 0.6 is 0 Å². The predicted octanol–water partition coefficient (Wildman–Crippen LogP) is 0.147. The maximum Gasteiger partial charge on any atom is 0.326 e. The van der Waals surface area contributed by atoms with Crippen molar-refractivity contribution in [2.75, 3.05) is 13.1 Å². The third kappa shape index (κ3) is 4.76. The molecule has 0 spiro atoms. The number of nitrogens with two attached hydrogens (primary N) is 1. The second-order valence-electron chi connectivity index (χ2n) is 5.68. The van der Waals surface area contributed by atoms with E-state index in [2.05, 4.69) is 19.2 Å². The van der Waals surface area contributed by atoms with Crippen molar-refractivity contribution in [2.24, 2.45) is 11.1 Å². The molecule has 1 aliphatic rings. The van der Waals surface area contributed by atoms with Crippen molar-refractivity contribution in [1.82, 2.24) is 10.2 Å². The molecule has 1 atom stereocenters. The van der Waals surface area contributed by atoms with E-state index in [1.54, 1.807) is 4.90 Å². The van der Waals surface area contributed by atoms with Crippen LogP contribution in [-0.4, -0.2) is 47.0 Å². The lowest BCUT2D eigenvalue weighted by atomic mass is 9.93. The Morgan fingerprint density at radius 3 is 2.47 bits per heavy atom. The van der Waals surface area contributed by atoms with Gasteiger partial charge in [-0.15, -0.1) is 0 Å². The van der Waals surface area contributed by atoms with Crippen LogP contribution < -0.4 is 11.1 Å². The Morgan fingerprint density at radius 1 is 1.42 bits per heavy atom. The van der Waals surface area contributed by atoms with Gasteiger partial charge in [-0.3, -0.25) is 4.79 Å². The number of hydrogen-bond acceptors (Lipinski definition) is 3. The Kier molecular flexibility index (Phi) is 4.74. The molecule has 1 aliphatic heterocycles. The van der Waals surface area contributed by atoms with Crippen molar-refractivity contribution in [3.63, 3.8) is 0 Å². The number of amides is 3. The molecule has 3 amide bonds. The second-order valence-corrected chi connectivity index (χ2v) is 5.68. The summed E-state index contributed by atoms with van der Waals surface area (Å²) in [5, 5.41) is 11.4. The number of carboxylic acids is 1. The minimum atomic E-state index is -1.16. The van der Waals surface area contributed by atoms with Gasteiger partial charge in [-0.1, -0.05) is 13.8 Å². The minimum absolute atomic E-state index is 0.00758. The van der Waals surface area contributed by atoms with Gasteiger partial charge >= 0.3 is 12.0 Å². The molecule has 1 fully saturated rings. The molecule has 1 heterocycles. The summed E-state index contributed by atoms with van der Waals surface area (Å²) in [4.78, 5) is 35.2. The summed E-state index contributed by atoms with van der Waals surface area (Å²) < 4.78 is 0. The van der Waals surface area contributed by atoms with Gasteiger partial charge in [0.15, 0.2) is 0 Å². The van der Waals surface area contributed by atoms with Crippen LogP contribution in [0.25, 0.3) is 0 Å². The number of nitrogens with zero attached hydrogens (tertiary/aromatic N) is 1. The first-order valence-electron chi connectivity index (χ1n) is 6.28. The van der Waals surface area contributed by atoms with Crippen molar-refractivity contribution in [1.29, 1.82) is 0 Å². The first-order valence-corrected chi connectivity index (χ1v) is 6.28. The fraction of sp³-hybridized carbons (Fsp3) is 0.750. The van der Waals surface area contributed by atoms with E-state index in [9.17, 15) is 14.4 Å². The quantitative estimate of drug-likeness (QED) is 0.660. The van der Waals surface area contributed by atoms with E-state index >= 15 is 0 Å². The Balaban J connectivity index is 2.52. The van der Waals surface area contributed by atoms with Crippen molar-refractivity contribution < 1.29 is 19.5 Å². The normalized spacial score (nSPS) is 18.9. The number of primary amides is 1. The molecule has 0 aliphatic carbocycles. The van der Waals surface area contributed by atoms with E-state index in [0.29, 0.717) is 13.1 Å². The number of carboxylic acid groups (broad SMARTS) is 1. The molecule has 1 saturated heterocycles. The van der Waals surface area contributed by atoms with E-state index < -0.39 is 23.9 Å². The fourth-order valence-corrected chi connectivity index (χ4v) is 2.07. The first kappa shape index (κ1) is 15.3. The number of likely N-dealkylation sites (tertiary alicyclic amines) is 1. The highest BCUT2D eigenvalue weighted by molar-refractivity contribution is 5.83. The standard InChI is InChI=1S/C12H21N3O4/c1-12(2)5-6-15(7-12)11(19)14-8(10(17)18)3-4-9(13)16/h8H,3-7H2,1-2H3,(H2,13,16)(H,14,19)(H,17,18).